The van der Waals surface area contributed by atoms with Gasteiger partial charge in [0.2, 0.25) is 0 Å². The maximum absolute atomic E-state index is 12.3. The Hall–Kier alpha value is -2.22. The first kappa shape index (κ1) is 15.2. The third kappa shape index (κ3) is 3.27. The Morgan fingerprint density at radius 2 is 2.05 bits per heavy atom. The van der Waals surface area contributed by atoms with Crippen LogP contribution >= 0.6 is 11.6 Å². The number of carboxylic acid groups (broad SMARTS) is 1. The summed E-state index contributed by atoms with van der Waals surface area (Å²) in [6.07, 6.45) is 1.60. The fraction of sp³-hybridized carbons (Fsp3) is 0.417. The van der Waals surface area contributed by atoms with Crippen LogP contribution in [0.25, 0.3) is 0 Å². The molecule has 0 spiro atoms. The van der Waals surface area contributed by atoms with E-state index in [1.165, 1.54) is 4.90 Å². The molecule has 1 aliphatic rings. The molecule has 0 aromatic carbocycles. The van der Waals surface area contributed by atoms with E-state index in [4.69, 9.17) is 16.7 Å². The smallest absolute Gasteiger partial charge is 0.306 e. The molecule has 0 radical (unpaired) electrons. The summed E-state index contributed by atoms with van der Waals surface area (Å²) >= 11 is 5.69. The molecule has 1 amide bonds. The molecule has 1 fully saturated rings. The molecule has 0 aliphatic carbocycles. The van der Waals surface area contributed by atoms with Crippen molar-refractivity contribution in [3.8, 4) is 0 Å². The molecule has 1 aromatic rings. The standard InChI is InChI=1S/C12H12ClN3O5/c13-10-5-8(9(6-14-10)16(20)21)11(17)15-3-1-7(2-4-15)12(18)19/h5-7H,1-4H2,(H,18,19). The summed E-state index contributed by atoms with van der Waals surface area (Å²) in [5.41, 5.74) is -0.543. The Bertz CT molecular complexity index is 599. The number of aliphatic carboxylic acids is 1. The van der Waals surface area contributed by atoms with Crippen molar-refractivity contribution in [2.75, 3.05) is 13.1 Å². The van der Waals surface area contributed by atoms with E-state index in [0.29, 0.717) is 12.8 Å². The number of hydrogen-bond acceptors (Lipinski definition) is 5. The summed E-state index contributed by atoms with van der Waals surface area (Å²) in [6.45, 7) is 0.486. The van der Waals surface area contributed by atoms with Gasteiger partial charge < -0.3 is 10.0 Å². The van der Waals surface area contributed by atoms with Gasteiger partial charge in [0.25, 0.3) is 11.6 Å². The van der Waals surface area contributed by atoms with Crippen molar-refractivity contribution in [3.05, 3.63) is 33.1 Å². The molecule has 1 saturated heterocycles. The van der Waals surface area contributed by atoms with E-state index in [-0.39, 0.29) is 23.8 Å². The van der Waals surface area contributed by atoms with Crippen LogP contribution in [0.2, 0.25) is 5.15 Å². The number of carboxylic acids is 1. The number of amides is 1. The normalized spacial score (nSPS) is 15.8. The molecule has 21 heavy (non-hydrogen) atoms. The van der Waals surface area contributed by atoms with Gasteiger partial charge >= 0.3 is 5.97 Å². The lowest BCUT2D eigenvalue weighted by Gasteiger charge is -2.30. The van der Waals surface area contributed by atoms with Gasteiger partial charge in [-0.1, -0.05) is 11.6 Å². The number of rotatable bonds is 3. The lowest BCUT2D eigenvalue weighted by molar-refractivity contribution is -0.385. The van der Waals surface area contributed by atoms with Crippen LogP contribution < -0.4 is 0 Å². The largest absolute Gasteiger partial charge is 0.481 e. The topological polar surface area (TPSA) is 114 Å². The molecule has 112 valence electrons. The van der Waals surface area contributed by atoms with Gasteiger partial charge in [-0.2, -0.15) is 0 Å². The number of piperidine rings is 1. The molecule has 0 bridgehead atoms. The van der Waals surface area contributed by atoms with Crippen LogP contribution in [0.15, 0.2) is 12.3 Å². The maximum atomic E-state index is 12.3. The van der Waals surface area contributed by atoms with Gasteiger partial charge in [-0.25, -0.2) is 4.98 Å². The number of pyridine rings is 1. The molecule has 8 nitrogen and oxygen atoms in total. The van der Waals surface area contributed by atoms with E-state index in [0.717, 1.165) is 12.3 Å². The number of nitro groups is 1. The number of hydrogen-bond donors (Lipinski definition) is 1. The third-order valence-corrected chi connectivity index (χ3v) is 3.61. The summed E-state index contributed by atoms with van der Waals surface area (Å²) in [7, 11) is 0. The SMILES string of the molecule is O=C(O)C1CCN(C(=O)c2cc(Cl)ncc2[N+](=O)[O-])CC1. The van der Waals surface area contributed by atoms with Crippen molar-refractivity contribution in [1.29, 1.82) is 0 Å². The molecule has 2 rings (SSSR count). The first-order chi connectivity index (χ1) is 9.90. The van der Waals surface area contributed by atoms with Gasteiger partial charge in [-0.15, -0.1) is 0 Å². The lowest BCUT2D eigenvalue weighted by Crippen LogP contribution is -2.40. The van der Waals surface area contributed by atoms with Gasteiger partial charge in [0.05, 0.1) is 10.8 Å². The molecule has 0 saturated carbocycles. The van der Waals surface area contributed by atoms with E-state index in [1.807, 2.05) is 0 Å². The van der Waals surface area contributed by atoms with Crippen molar-refractivity contribution in [2.45, 2.75) is 12.8 Å². The first-order valence-electron chi connectivity index (χ1n) is 6.22. The lowest BCUT2D eigenvalue weighted by atomic mass is 9.96. The second-order valence-electron chi connectivity index (χ2n) is 4.69. The van der Waals surface area contributed by atoms with E-state index >= 15 is 0 Å². The quantitative estimate of drug-likeness (QED) is 0.515. The van der Waals surface area contributed by atoms with Crippen molar-refractivity contribution in [1.82, 2.24) is 9.88 Å². The summed E-state index contributed by atoms with van der Waals surface area (Å²) in [5, 5.41) is 19.8. The zero-order valence-electron chi connectivity index (χ0n) is 10.9. The van der Waals surface area contributed by atoms with Gasteiger partial charge in [0.1, 0.15) is 16.9 Å². The average Bonchev–Trinajstić information content (AvgIpc) is 2.46. The molecule has 1 aliphatic heterocycles. The molecule has 0 atom stereocenters. The summed E-state index contributed by atoms with van der Waals surface area (Å²) < 4.78 is 0. The second kappa shape index (κ2) is 6.04. The second-order valence-corrected chi connectivity index (χ2v) is 5.07. The number of carbonyl (C=O) groups excluding carboxylic acids is 1. The minimum Gasteiger partial charge on any atom is -0.481 e. The molecule has 1 aromatic heterocycles. The summed E-state index contributed by atoms with van der Waals surface area (Å²) in [5.74, 6) is -1.90. The summed E-state index contributed by atoms with van der Waals surface area (Å²) in [6, 6.07) is 1.16. The third-order valence-electron chi connectivity index (χ3n) is 3.41. The highest BCUT2D eigenvalue weighted by Crippen LogP contribution is 2.25. The summed E-state index contributed by atoms with van der Waals surface area (Å²) in [4.78, 5) is 38.5. The molecule has 2 heterocycles. The molecular weight excluding hydrogens is 302 g/mol. The monoisotopic (exact) mass is 313 g/mol. The van der Waals surface area contributed by atoms with Crippen molar-refractivity contribution < 1.29 is 19.6 Å². The number of carbonyl (C=O) groups is 2. The number of nitrogens with zero attached hydrogens (tertiary/aromatic N) is 3. The van der Waals surface area contributed by atoms with Gasteiger partial charge in [0.15, 0.2) is 0 Å². The minimum absolute atomic E-state index is 0.00984. The molecule has 1 N–H and O–H groups in total. The van der Waals surface area contributed by atoms with Gasteiger partial charge in [-0.3, -0.25) is 19.7 Å². The van der Waals surface area contributed by atoms with E-state index in [1.54, 1.807) is 0 Å². The van der Waals surface area contributed by atoms with Crippen LogP contribution in [0.3, 0.4) is 0 Å². The molecule has 9 heteroatoms. The Morgan fingerprint density at radius 3 is 2.57 bits per heavy atom. The van der Waals surface area contributed by atoms with Crippen LogP contribution in [0.1, 0.15) is 23.2 Å². The maximum Gasteiger partial charge on any atom is 0.306 e. The zero-order valence-corrected chi connectivity index (χ0v) is 11.6. The van der Waals surface area contributed by atoms with Gasteiger partial charge in [-0.05, 0) is 18.9 Å². The van der Waals surface area contributed by atoms with Crippen LogP contribution in [0, 0.1) is 16.0 Å². The number of halogens is 1. The molecular formula is C12H12ClN3O5. The first-order valence-corrected chi connectivity index (χ1v) is 6.60. The van der Waals surface area contributed by atoms with Crippen molar-refractivity contribution >= 4 is 29.2 Å². The predicted octanol–water partition coefficient (Wildman–Crippen LogP) is 1.58. The van der Waals surface area contributed by atoms with Crippen LogP contribution in [-0.4, -0.2) is 44.9 Å². The Morgan fingerprint density at radius 1 is 1.43 bits per heavy atom. The highest BCUT2D eigenvalue weighted by Gasteiger charge is 2.31. The highest BCUT2D eigenvalue weighted by molar-refractivity contribution is 6.29. The van der Waals surface area contributed by atoms with E-state index in [2.05, 4.69) is 4.98 Å². The fourth-order valence-corrected chi connectivity index (χ4v) is 2.40. The molecule has 0 unspecified atom stereocenters. The van der Waals surface area contributed by atoms with Crippen LogP contribution in [0.5, 0.6) is 0 Å². The Kier molecular flexibility index (Phi) is 4.37. The average molecular weight is 314 g/mol. The van der Waals surface area contributed by atoms with Gasteiger partial charge in [0, 0.05) is 13.1 Å². The minimum atomic E-state index is -0.889. The van der Waals surface area contributed by atoms with Crippen LogP contribution in [-0.2, 0) is 4.79 Å². The fourth-order valence-electron chi connectivity index (χ4n) is 2.24. The van der Waals surface area contributed by atoms with Crippen molar-refractivity contribution in [3.63, 3.8) is 0 Å². The van der Waals surface area contributed by atoms with Crippen molar-refractivity contribution in [2.24, 2.45) is 5.92 Å². The van der Waals surface area contributed by atoms with Crippen LogP contribution in [0.4, 0.5) is 5.69 Å². The zero-order chi connectivity index (χ0) is 15.6. The Balaban J connectivity index is 2.20. The Labute approximate surface area is 124 Å². The number of likely N-dealkylation sites (tertiary alicyclic amines) is 1. The highest BCUT2D eigenvalue weighted by atomic mass is 35.5. The number of aromatic nitrogens is 1. The predicted molar refractivity (Wildman–Crippen MR) is 72.2 cm³/mol. The van der Waals surface area contributed by atoms with E-state index < -0.39 is 28.4 Å². The van der Waals surface area contributed by atoms with E-state index in [9.17, 15) is 19.7 Å².